The number of ketones is 1. The highest BCUT2D eigenvalue weighted by atomic mass is 19.4. The van der Waals surface area contributed by atoms with Gasteiger partial charge in [0.15, 0.2) is 5.78 Å². The summed E-state index contributed by atoms with van der Waals surface area (Å²) in [6, 6.07) is 2.90. The first-order valence-corrected chi connectivity index (χ1v) is 11.3. The molecule has 0 spiro atoms. The maximum absolute atomic E-state index is 13.6. The molecule has 2 saturated heterocycles. The minimum absolute atomic E-state index is 0.0217. The van der Waals surface area contributed by atoms with E-state index in [-0.39, 0.29) is 49.8 Å². The van der Waals surface area contributed by atoms with Crippen molar-refractivity contribution < 1.29 is 53.8 Å². The highest BCUT2D eigenvalue weighted by Gasteiger charge is 2.60. The lowest BCUT2D eigenvalue weighted by Crippen LogP contribution is -2.52. The fourth-order valence-corrected chi connectivity index (χ4v) is 4.43. The summed E-state index contributed by atoms with van der Waals surface area (Å²) >= 11 is 0. The maximum atomic E-state index is 13.6. The molecule has 0 bridgehead atoms. The summed E-state index contributed by atoms with van der Waals surface area (Å²) in [6.07, 6.45) is -21.2. The third-order valence-corrected chi connectivity index (χ3v) is 6.21. The number of nitrogens with zero attached hydrogens (tertiary/aromatic N) is 3. The third-order valence-electron chi connectivity index (χ3n) is 6.21. The van der Waals surface area contributed by atoms with Gasteiger partial charge in [0.05, 0.1) is 11.6 Å². The number of ether oxygens (including phenoxy) is 1. The SMILES string of the molecule is CC(=O)C1CCCN1c1cc(CN2CCN(C(=O)OC(C(F)(F)F)C(F)(F)F)CC2)cc(C(F)(F)F)c1. The van der Waals surface area contributed by atoms with Gasteiger partial charge in [0.25, 0.3) is 6.10 Å². The van der Waals surface area contributed by atoms with Crippen LogP contribution in [0.5, 0.6) is 0 Å². The van der Waals surface area contributed by atoms with Crippen molar-refractivity contribution in [2.75, 3.05) is 37.6 Å². The van der Waals surface area contributed by atoms with Gasteiger partial charge in [-0.05, 0) is 43.5 Å². The molecule has 1 aromatic rings. The van der Waals surface area contributed by atoms with Crippen LogP contribution in [-0.4, -0.2) is 78.9 Å². The molecule has 1 atom stereocenters. The van der Waals surface area contributed by atoms with Crippen LogP contribution >= 0.6 is 0 Å². The Morgan fingerprint density at radius 2 is 1.51 bits per heavy atom. The van der Waals surface area contributed by atoms with Crippen molar-refractivity contribution in [1.29, 1.82) is 0 Å². The van der Waals surface area contributed by atoms with Gasteiger partial charge in [0.2, 0.25) is 0 Å². The third kappa shape index (κ3) is 7.20. The largest absolute Gasteiger partial charge is 0.434 e. The molecule has 208 valence electrons. The molecule has 1 amide bonds. The summed E-state index contributed by atoms with van der Waals surface area (Å²) in [5.41, 5.74) is -0.430. The second kappa shape index (κ2) is 10.6. The topological polar surface area (TPSA) is 53.1 Å². The number of Topliss-reactive ketones (excluding diaryl/α,β-unsaturated/α-hetero) is 1. The van der Waals surface area contributed by atoms with Gasteiger partial charge in [0, 0.05) is 45.0 Å². The summed E-state index contributed by atoms with van der Waals surface area (Å²) < 4.78 is 120. The lowest BCUT2D eigenvalue weighted by atomic mass is 10.1. The molecule has 0 saturated carbocycles. The van der Waals surface area contributed by atoms with E-state index in [1.54, 1.807) is 9.80 Å². The van der Waals surface area contributed by atoms with Gasteiger partial charge in [-0.1, -0.05) is 0 Å². The number of hydrogen-bond donors (Lipinski definition) is 0. The molecule has 15 heteroatoms. The fourth-order valence-electron chi connectivity index (χ4n) is 4.43. The highest BCUT2D eigenvalue weighted by Crippen LogP contribution is 2.37. The molecule has 1 aromatic carbocycles. The number of carbonyl (C=O) groups is 2. The smallest absolute Gasteiger partial charge is 0.426 e. The van der Waals surface area contributed by atoms with Crippen LogP contribution in [0, 0.1) is 0 Å². The van der Waals surface area contributed by atoms with Crippen molar-refractivity contribution in [3.8, 4) is 0 Å². The Labute approximate surface area is 205 Å². The van der Waals surface area contributed by atoms with Crippen LogP contribution in [0.3, 0.4) is 0 Å². The predicted octanol–water partition coefficient (Wildman–Crippen LogP) is 5.01. The molecular weight excluding hydrogens is 525 g/mol. The average molecular weight is 549 g/mol. The summed E-state index contributed by atoms with van der Waals surface area (Å²) in [5.74, 6) is -0.169. The molecular formula is C22H24F9N3O3. The van der Waals surface area contributed by atoms with Crippen LogP contribution in [0.25, 0.3) is 0 Å². The Kier molecular flexibility index (Phi) is 8.25. The van der Waals surface area contributed by atoms with Crippen molar-refractivity contribution in [1.82, 2.24) is 9.80 Å². The first-order valence-electron chi connectivity index (χ1n) is 11.3. The normalized spacial score (nSPS) is 20.0. The summed E-state index contributed by atoms with van der Waals surface area (Å²) in [5, 5.41) is 0. The summed E-state index contributed by atoms with van der Waals surface area (Å²) in [7, 11) is 0. The van der Waals surface area contributed by atoms with Gasteiger partial charge in [-0.2, -0.15) is 39.5 Å². The van der Waals surface area contributed by atoms with Crippen LogP contribution in [0.4, 0.5) is 50.0 Å². The zero-order valence-electron chi connectivity index (χ0n) is 19.5. The zero-order chi connectivity index (χ0) is 27.8. The Morgan fingerprint density at radius 3 is 2.03 bits per heavy atom. The molecule has 0 radical (unpaired) electrons. The number of rotatable bonds is 5. The van der Waals surface area contributed by atoms with Gasteiger partial charge < -0.3 is 14.5 Å². The highest BCUT2D eigenvalue weighted by molar-refractivity contribution is 5.85. The van der Waals surface area contributed by atoms with Crippen molar-refractivity contribution in [2.24, 2.45) is 0 Å². The van der Waals surface area contributed by atoms with E-state index in [0.29, 0.717) is 24.3 Å². The van der Waals surface area contributed by atoms with E-state index in [0.717, 1.165) is 12.1 Å². The zero-order valence-corrected chi connectivity index (χ0v) is 19.5. The quantitative estimate of drug-likeness (QED) is 0.484. The van der Waals surface area contributed by atoms with Crippen molar-refractivity contribution in [2.45, 2.75) is 57.0 Å². The molecule has 0 aliphatic carbocycles. The van der Waals surface area contributed by atoms with Crippen molar-refractivity contribution in [3.05, 3.63) is 29.3 Å². The van der Waals surface area contributed by atoms with Crippen molar-refractivity contribution in [3.63, 3.8) is 0 Å². The molecule has 2 aliphatic heterocycles. The fraction of sp³-hybridized carbons (Fsp3) is 0.636. The molecule has 0 N–H and O–H groups in total. The molecule has 0 aromatic heterocycles. The van der Waals surface area contributed by atoms with E-state index in [2.05, 4.69) is 4.74 Å². The first-order chi connectivity index (χ1) is 17.0. The van der Waals surface area contributed by atoms with Gasteiger partial charge in [-0.25, -0.2) is 4.79 Å². The Bertz CT molecular complexity index is 972. The first kappa shape index (κ1) is 28.9. The number of anilines is 1. The van der Waals surface area contributed by atoms with Gasteiger partial charge in [-0.15, -0.1) is 0 Å². The number of hydrogen-bond acceptors (Lipinski definition) is 5. The number of amides is 1. The van der Waals surface area contributed by atoms with Gasteiger partial charge in [-0.3, -0.25) is 9.69 Å². The maximum Gasteiger partial charge on any atom is 0.434 e. The van der Waals surface area contributed by atoms with Crippen LogP contribution in [-0.2, 0) is 22.3 Å². The monoisotopic (exact) mass is 549 g/mol. The van der Waals surface area contributed by atoms with Crippen LogP contribution in [0.15, 0.2) is 18.2 Å². The van der Waals surface area contributed by atoms with E-state index in [4.69, 9.17) is 0 Å². The second-order valence-corrected chi connectivity index (χ2v) is 8.96. The average Bonchev–Trinajstić information content (AvgIpc) is 3.26. The number of carbonyl (C=O) groups excluding carboxylic acids is 2. The summed E-state index contributed by atoms with van der Waals surface area (Å²) in [4.78, 5) is 27.8. The second-order valence-electron chi connectivity index (χ2n) is 8.96. The molecule has 1 unspecified atom stereocenters. The molecule has 2 fully saturated rings. The summed E-state index contributed by atoms with van der Waals surface area (Å²) in [6.45, 7) is 1.13. The van der Waals surface area contributed by atoms with Crippen molar-refractivity contribution >= 4 is 17.6 Å². The molecule has 2 aliphatic rings. The lowest BCUT2D eigenvalue weighted by molar-refractivity contribution is -0.308. The van der Waals surface area contributed by atoms with E-state index >= 15 is 0 Å². The lowest BCUT2D eigenvalue weighted by Gasteiger charge is -2.35. The minimum atomic E-state index is -5.84. The number of halogens is 9. The van der Waals surface area contributed by atoms with Crippen LogP contribution < -0.4 is 4.90 Å². The van der Waals surface area contributed by atoms with E-state index in [1.165, 1.54) is 13.0 Å². The molecule has 2 heterocycles. The van der Waals surface area contributed by atoms with Crippen LogP contribution in [0.1, 0.15) is 30.9 Å². The number of piperazine rings is 1. The van der Waals surface area contributed by atoms with E-state index < -0.39 is 42.3 Å². The van der Waals surface area contributed by atoms with Gasteiger partial charge >= 0.3 is 24.6 Å². The Morgan fingerprint density at radius 1 is 0.919 bits per heavy atom. The van der Waals surface area contributed by atoms with E-state index in [1.807, 2.05) is 0 Å². The number of benzene rings is 1. The Hall–Kier alpha value is -2.71. The molecule has 6 nitrogen and oxygen atoms in total. The molecule has 3 rings (SSSR count). The van der Waals surface area contributed by atoms with E-state index in [9.17, 15) is 49.1 Å². The predicted molar refractivity (Wildman–Crippen MR) is 112 cm³/mol. The molecule has 37 heavy (non-hydrogen) atoms. The minimum Gasteiger partial charge on any atom is -0.426 e. The number of alkyl halides is 9. The van der Waals surface area contributed by atoms with Crippen LogP contribution in [0.2, 0.25) is 0 Å². The Balaban J connectivity index is 1.69. The van der Waals surface area contributed by atoms with Gasteiger partial charge in [0.1, 0.15) is 0 Å². The standard InChI is InChI=1S/C22H24F9N3O3/c1-13(35)17-3-2-4-34(17)16-10-14(9-15(11-16)20(23,24)25)12-32-5-7-33(8-6-32)19(36)37-18(21(26,27)28)22(29,30)31/h9-11,17-18H,2-8,12H2,1H3.